The van der Waals surface area contributed by atoms with Crippen LogP contribution in [0.2, 0.25) is 0 Å². The van der Waals surface area contributed by atoms with E-state index in [1.54, 1.807) is 24.3 Å². The van der Waals surface area contributed by atoms with Crippen molar-refractivity contribution in [2.45, 2.75) is 6.10 Å². The quantitative estimate of drug-likeness (QED) is 0.616. The highest BCUT2D eigenvalue weighted by Gasteiger charge is 2.27. The van der Waals surface area contributed by atoms with E-state index in [2.05, 4.69) is 10.5 Å². The zero-order chi connectivity index (χ0) is 19.2. The van der Waals surface area contributed by atoms with Crippen LogP contribution in [-0.2, 0) is 4.79 Å². The minimum Gasteiger partial charge on any atom is -0.493 e. The summed E-state index contributed by atoms with van der Waals surface area (Å²) in [7, 11) is 4.58. The number of hydrogen-bond donors (Lipinski definition) is 1. The van der Waals surface area contributed by atoms with E-state index < -0.39 is 12.0 Å². The van der Waals surface area contributed by atoms with Crippen LogP contribution in [0.1, 0.15) is 5.56 Å². The maximum atomic E-state index is 12.2. The van der Waals surface area contributed by atoms with Crippen molar-refractivity contribution in [1.82, 2.24) is 5.43 Å². The molecule has 8 heteroatoms. The molecule has 0 spiro atoms. The van der Waals surface area contributed by atoms with Crippen LogP contribution < -0.4 is 29.1 Å². The fraction of sp³-hybridized carbons (Fsp3) is 0.263. The molecule has 2 aromatic rings. The molecule has 1 heterocycles. The number of carbonyl (C=O) groups is 1. The highest BCUT2D eigenvalue weighted by Crippen LogP contribution is 2.37. The molecule has 1 unspecified atom stereocenters. The van der Waals surface area contributed by atoms with Crippen LogP contribution in [0.5, 0.6) is 28.7 Å². The predicted molar refractivity (Wildman–Crippen MR) is 98.2 cm³/mol. The molecule has 1 atom stereocenters. The van der Waals surface area contributed by atoms with E-state index in [1.165, 1.54) is 27.5 Å². The number of amides is 1. The average Bonchev–Trinajstić information content (AvgIpc) is 2.72. The molecule has 0 radical (unpaired) electrons. The largest absolute Gasteiger partial charge is 0.493 e. The number of fused-ring (bicyclic) bond motifs is 1. The summed E-state index contributed by atoms with van der Waals surface area (Å²) < 4.78 is 27.0. The molecule has 142 valence electrons. The number of hydrogen-bond acceptors (Lipinski definition) is 7. The minimum absolute atomic E-state index is 0.114. The molecule has 0 aliphatic carbocycles. The van der Waals surface area contributed by atoms with E-state index in [1.807, 2.05) is 12.1 Å². The lowest BCUT2D eigenvalue weighted by Crippen LogP contribution is -2.42. The Hall–Kier alpha value is -3.42. The number of para-hydroxylation sites is 2. The average molecular weight is 372 g/mol. The number of methoxy groups -OCH3 is 3. The SMILES string of the molecule is COc1cc(/C=N\NC(=O)C2COc3ccccc3O2)cc(OC)c1OC. The molecule has 8 nitrogen and oxygen atoms in total. The lowest BCUT2D eigenvalue weighted by Gasteiger charge is -2.24. The summed E-state index contributed by atoms with van der Waals surface area (Å²) in [5.74, 6) is 2.19. The molecule has 0 bridgehead atoms. The molecule has 2 aromatic carbocycles. The third-order valence-electron chi connectivity index (χ3n) is 3.88. The normalized spacial score (nSPS) is 15.3. The monoisotopic (exact) mass is 372 g/mol. The number of ether oxygens (including phenoxy) is 5. The van der Waals surface area contributed by atoms with E-state index in [0.29, 0.717) is 34.3 Å². The number of rotatable bonds is 6. The highest BCUT2D eigenvalue weighted by atomic mass is 16.6. The lowest BCUT2D eigenvalue weighted by molar-refractivity contribution is -0.130. The molecule has 1 N–H and O–H groups in total. The Morgan fingerprint density at radius 3 is 2.41 bits per heavy atom. The van der Waals surface area contributed by atoms with Crippen molar-refractivity contribution in [1.29, 1.82) is 0 Å². The molecule has 27 heavy (non-hydrogen) atoms. The maximum absolute atomic E-state index is 12.2. The summed E-state index contributed by atoms with van der Waals surface area (Å²) in [6, 6.07) is 10.6. The first-order valence-corrected chi connectivity index (χ1v) is 8.17. The van der Waals surface area contributed by atoms with Crippen LogP contribution in [0, 0.1) is 0 Å². The van der Waals surface area contributed by atoms with Crippen LogP contribution in [0.15, 0.2) is 41.5 Å². The van der Waals surface area contributed by atoms with Gasteiger partial charge in [-0.2, -0.15) is 5.10 Å². The molecule has 0 aromatic heterocycles. The number of carbonyl (C=O) groups excluding carboxylic acids is 1. The summed E-state index contributed by atoms with van der Waals surface area (Å²) in [5.41, 5.74) is 3.11. The molecular formula is C19H20N2O6. The second-order valence-corrected chi connectivity index (χ2v) is 5.56. The van der Waals surface area contributed by atoms with E-state index >= 15 is 0 Å². The van der Waals surface area contributed by atoms with E-state index in [4.69, 9.17) is 23.7 Å². The van der Waals surface area contributed by atoms with E-state index in [-0.39, 0.29) is 6.61 Å². The van der Waals surface area contributed by atoms with Gasteiger partial charge < -0.3 is 23.7 Å². The Labute approximate surface area is 156 Å². The van der Waals surface area contributed by atoms with Gasteiger partial charge in [0.2, 0.25) is 11.9 Å². The van der Waals surface area contributed by atoms with Crippen LogP contribution in [0.3, 0.4) is 0 Å². The molecule has 0 saturated heterocycles. The van der Waals surface area contributed by atoms with Gasteiger partial charge in [0.15, 0.2) is 23.0 Å². The Morgan fingerprint density at radius 1 is 1.11 bits per heavy atom. The number of benzene rings is 2. The summed E-state index contributed by atoms with van der Waals surface area (Å²) in [6.45, 7) is 0.114. The van der Waals surface area contributed by atoms with Crippen LogP contribution in [0.4, 0.5) is 0 Å². The first-order valence-electron chi connectivity index (χ1n) is 8.17. The van der Waals surface area contributed by atoms with Gasteiger partial charge in [-0.25, -0.2) is 5.43 Å². The van der Waals surface area contributed by atoms with Crippen molar-refractivity contribution < 1.29 is 28.5 Å². The van der Waals surface area contributed by atoms with Crippen molar-refractivity contribution in [3.63, 3.8) is 0 Å². The molecule has 1 amide bonds. The number of hydrazone groups is 1. The summed E-state index contributed by atoms with van der Waals surface area (Å²) in [5, 5.41) is 3.97. The van der Waals surface area contributed by atoms with Crippen LogP contribution >= 0.6 is 0 Å². The highest BCUT2D eigenvalue weighted by molar-refractivity contribution is 5.86. The van der Waals surface area contributed by atoms with Crippen molar-refractivity contribution in [3.05, 3.63) is 42.0 Å². The minimum atomic E-state index is -0.781. The zero-order valence-electron chi connectivity index (χ0n) is 15.2. The number of nitrogens with zero attached hydrogens (tertiary/aromatic N) is 1. The summed E-state index contributed by atoms with van der Waals surface area (Å²) >= 11 is 0. The molecule has 3 rings (SSSR count). The van der Waals surface area contributed by atoms with Gasteiger partial charge in [-0.05, 0) is 24.3 Å². The third kappa shape index (κ3) is 4.05. The second-order valence-electron chi connectivity index (χ2n) is 5.56. The van der Waals surface area contributed by atoms with Gasteiger partial charge in [-0.15, -0.1) is 0 Å². The third-order valence-corrected chi connectivity index (χ3v) is 3.88. The Kier molecular flexibility index (Phi) is 5.65. The lowest BCUT2D eigenvalue weighted by atomic mass is 10.2. The Morgan fingerprint density at radius 2 is 1.78 bits per heavy atom. The first kappa shape index (κ1) is 18.4. The van der Waals surface area contributed by atoms with Gasteiger partial charge in [0, 0.05) is 5.56 Å². The Bertz CT molecular complexity index is 827. The van der Waals surface area contributed by atoms with Crippen molar-refractivity contribution >= 4 is 12.1 Å². The van der Waals surface area contributed by atoms with Crippen molar-refractivity contribution in [3.8, 4) is 28.7 Å². The standard InChI is InChI=1S/C19H20N2O6/c1-23-15-8-12(9-16(24-2)18(15)25-3)10-20-21-19(22)17-11-26-13-6-4-5-7-14(13)27-17/h4-10,17H,11H2,1-3H3,(H,21,22)/b20-10-. The number of nitrogens with one attached hydrogen (secondary N) is 1. The smallest absolute Gasteiger partial charge is 0.284 e. The predicted octanol–water partition coefficient (Wildman–Crippen LogP) is 2.00. The fourth-order valence-electron chi connectivity index (χ4n) is 2.57. The Balaban J connectivity index is 1.66. The molecule has 0 saturated carbocycles. The van der Waals surface area contributed by atoms with Gasteiger partial charge in [-0.1, -0.05) is 12.1 Å². The van der Waals surface area contributed by atoms with Gasteiger partial charge in [0.1, 0.15) is 6.61 Å². The fourth-order valence-corrected chi connectivity index (χ4v) is 2.57. The second kappa shape index (κ2) is 8.31. The summed E-state index contributed by atoms with van der Waals surface area (Å²) in [4.78, 5) is 12.2. The first-order chi connectivity index (χ1) is 13.2. The van der Waals surface area contributed by atoms with E-state index in [0.717, 1.165) is 0 Å². The van der Waals surface area contributed by atoms with Crippen LogP contribution in [-0.4, -0.2) is 46.2 Å². The summed E-state index contributed by atoms with van der Waals surface area (Å²) in [6.07, 6.45) is 0.692. The van der Waals surface area contributed by atoms with Gasteiger partial charge in [0.25, 0.3) is 5.91 Å². The molecule has 1 aliphatic heterocycles. The zero-order valence-corrected chi connectivity index (χ0v) is 15.2. The molecular weight excluding hydrogens is 352 g/mol. The van der Waals surface area contributed by atoms with Gasteiger partial charge in [-0.3, -0.25) is 4.79 Å². The maximum Gasteiger partial charge on any atom is 0.284 e. The van der Waals surface area contributed by atoms with Crippen molar-refractivity contribution in [2.24, 2.45) is 5.10 Å². The van der Waals surface area contributed by atoms with Gasteiger partial charge >= 0.3 is 0 Å². The van der Waals surface area contributed by atoms with Crippen LogP contribution in [0.25, 0.3) is 0 Å². The molecule has 0 fully saturated rings. The van der Waals surface area contributed by atoms with E-state index in [9.17, 15) is 4.79 Å². The van der Waals surface area contributed by atoms with Gasteiger partial charge in [0.05, 0.1) is 27.5 Å². The topological polar surface area (TPSA) is 87.6 Å². The van der Waals surface area contributed by atoms with Crippen molar-refractivity contribution in [2.75, 3.05) is 27.9 Å². The molecule has 1 aliphatic rings.